The first-order valence-electron chi connectivity index (χ1n) is 16.0. The van der Waals surface area contributed by atoms with E-state index in [1.165, 1.54) is 0 Å². The highest BCUT2D eigenvalue weighted by Gasteiger charge is 2.10. The van der Waals surface area contributed by atoms with E-state index in [1.807, 2.05) is 0 Å². The van der Waals surface area contributed by atoms with Crippen molar-refractivity contribution >= 4 is 11.4 Å². The quantitative estimate of drug-likeness (QED) is 0.433. The maximum absolute atomic E-state index is 8.72. The van der Waals surface area contributed by atoms with Crippen LogP contribution in [-0.4, -0.2) is 0 Å². The molecule has 0 heterocycles. The minimum atomic E-state index is -0.892. The maximum atomic E-state index is 8.72. The van der Waals surface area contributed by atoms with Crippen molar-refractivity contribution in [2.24, 2.45) is 0 Å². The molecule has 0 aliphatic rings. The predicted molar refractivity (Wildman–Crippen MR) is 107 cm³/mol. The van der Waals surface area contributed by atoms with Gasteiger partial charge in [0.1, 0.15) is 0 Å². The predicted octanol–water partition coefficient (Wildman–Crippen LogP) is 6.76. The second-order valence-corrected chi connectivity index (χ2v) is 4.62. The van der Waals surface area contributed by atoms with E-state index in [2.05, 4.69) is 5.32 Å². The van der Waals surface area contributed by atoms with Gasteiger partial charge in [-0.1, -0.05) is 90.6 Å². The van der Waals surface area contributed by atoms with Crippen LogP contribution in [0.25, 0.3) is 22.3 Å². The monoisotopic (exact) mass is 339 g/mol. The minimum absolute atomic E-state index is 0.609. The fraction of sp³-hybridized carbons (Fsp3) is 0. The molecule has 25 heavy (non-hydrogen) atoms. The Morgan fingerprint density at radius 2 is 1.00 bits per heavy atom. The molecule has 0 aliphatic heterocycles. The van der Waals surface area contributed by atoms with Gasteiger partial charge in [-0.2, -0.15) is 0 Å². The molecule has 120 valence electrons. The summed E-state index contributed by atoms with van der Waals surface area (Å²) in [7, 11) is 0. The highest BCUT2D eigenvalue weighted by atomic mass is 14.9. The molecule has 4 aromatic rings. The molecule has 0 saturated carbocycles. The smallest absolute Gasteiger partial charge is 0.0645 e. The van der Waals surface area contributed by atoms with E-state index in [0.717, 1.165) is 0 Å². The van der Waals surface area contributed by atoms with Gasteiger partial charge in [-0.3, -0.25) is 0 Å². The molecule has 0 atom stereocenters. The number of hydrogen-bond acceptors (Lipinski definition) is 1. The Morgan fingerprint density at radius 1 is 0.480 bits per heavy atom. The van der Waals surface area contributed by atoms with Crippen molar-refractivity contribution in [1.29, 1.82) is 0 Å². The Kier molecular flexibility index (Phi) is 1.44. The molecule has 0 saturated heterocycles. The van der Waals surface area contributed by atoms with Gasteiger partial charge in [-0.05, 0) is 34.8 Å². The lowest BCUT2D eigenvalue weighted by Crippen LogP contribution is -1.94. The molecule has 1 N–H and O–H groups in total. The lowest BCUT2D eigenvalue weighted by molar-refractivity contribution is 1.52. The summed E-state index contributed by atoms with van der Waals surface area (Å²) in [6.45, 7) is 0. The van der Waals surface area contributed by atoms with Crippen LogP contribution in [-0.2, 0) is 0 Å². The van der Waals surface area contributed by atoms with E-state index in [0.29, 0.717) is 0 Å². The molecule has 1 heteroatoms. The van der Waals surface area contributed by atoms with E-state index >= 15 is 0 Å². The molecule has 4 aromatic carbocycles. The number of para-hydroxylation sites is 2. The molecule has 0 bridgehead atoms. The van der Waals surface area contributed by atoms with Crippen molar-refractivity contribution in [2.45, 2.75) is 0 Å². The van der Waals surface area contributed by atoms with E-state index < -0.39 is 142 Å². The summed E-state index contributed by atoms with van der Waals surface area (Å²) in [6.07, 6.45) is 0. The van der Waals surface area contributed by atoms with Crippen molar-refractivity contribution in [2.75, 3.05) is 5.32 Å². The van der Waals surface area contributed by atoms with E-state index in [9.17, 15) is 0 Å². The first-order chi connectivity index (χ1) is 19.9. The summed E-state index contributed by atoms with van der Waals surface area (Å²) in [5.74, 6) is 0. The SMILES string of the molecule is [2H]c1c([2H])c([2H])c(Nc2c([2H])c([2H])c([2H])c([2H])c2-c2c([2H])c([2H])c([2H])c([2H])c2-c2c([2H])c([2H])c([2H])c([2H])c2[2H])c([2H])c1[2H]. The fourth-order valence-corrected chi connectivity index (χ4v) is 2.09. The third-order valence-corrected chi connectivity index (χ3v) is 3.12. The molecule has 1 nitrogen and oxygen atoms in total. The van der Waals surface area contributed by atoms with Crippen LogP contribution in [0.15, 0.2) is 109 Å². The van der Waals surface area contributed by atoms with Gasteiger partial charge < -0.3 is 5.32 Å². The largest absolute Gasteiger partial charge is 0.355 e. The van der Waals surface area contributed by atoms with Crippen molar-refractivity contribution in [3.63, 3.8) is 0 Å². The van der Waals surface area contributed by atoms with Gasteiger partial charge in [0, 0.05) is 16.9 Å². The van der Waals surface area contributed by atoms with Crippen LogP contribution >= 0.6 is 0 Å². The number of nitrogens with one attached hydrogen (secondary N) is 1. The van der Waals surface area contributed by atoms with Crippen LogP contribution in [0.4, 0.5) is 11.4 Å². The number of rotatable bonds is 4. The standard InChI is InChI=1S/C24H19N/c1-3-11-19(12-4-1)21-15-7-8-16-22(21)23-17-9-10-18-24(23)25-20-13-5-2-6-14-20/h1-18,25H/i1D,2D,3D,4D,5D,6D,7D,8D,9D,10D,11D,12D,13D,14D,15D,16D,17D,18D. The van der Waals surface area contributed by atoms with Crippen molar-refractivity contribution < 1.29 is 24.7 Å². The van der Waals surface area contributed by atoms with Crippen LogP contribution < -0.4 is 5.32 Å². The van der Waals surface area contributed by atoms with Crippen molar-refractivity contribution in [3.8, 4) is 22.3 Å². The lowest BCUT2D eigenvalue weighted by atomic mass is 9.93. The fourth-order valence-electron chi connectivity index (χ4n) is 2.09. The van der Waals surface area contributed by atoms with Crippen molar-refractivity contribution in [1.82, 2.24) is 0 Å². The van der Waals surface area contributed by atoms with Gasteiger partial charge in [0.25, 0.3) is 0 Å². The normalized spacial score (nSPS) is 20.5. The average molecular weight is 340 g/mol. The third-order valence-electron chi connectivity index (χ3n) is 3.12. The Bertz CT molecular complexity index is 1820. The number of benzene rings is 4. The Morgan fingerprint density at radius 3 is 1.72 bits per heavy atom. The maximum Gasteiger partial charge on any atom is 0.0645 e. The van der Waals surface area contributed by atoms with Crippen molar-refractivity contribution in [3.05, 3.63) is 109 Å². The highest BCUT2D eigenvalue weighted by molar-refractivity contribution is 5.90. The van der Waals surface area contributed by atoms with Crippen LogP contribution in [0.3, 0.4) is 0 Å². The van der Waals surface area contributed by atoms with Crippen LogP contribution in [0, 0.1) is 0 Å². The molecule has 0 spiro atoms. The molecule has 4 rings (SSSR count). The minimum Gasteiger partial charge on any atom is -0.355 e. The van der Waals surface area contributed by atoms with E-state index in [4.69, 9.17) is 24.7 Å². The first-order valence-corrected chi connectivity index (χ1v) is 7.00. The number of anilines is 2. The Hall–Kier alpha value is -3.32. The summed E-state index contributed by atoms with van der Waals surface area (Å²) in [5, 5.41) is 2.45. The van der Waals surface area contributed by atoms with Crippen LogP contribution in [0.2, 0.25) is 0 Å². The summed E-state index contributed by atoms with van der Waals surface area (Å²) in [5.41, 5.74) is -3.94. The zero-order chi connectivity index (χ0) is 32.6. The zero-order valence-corrected chi connectivity index (χ0v) is 12.5. The van der Waals surface area contributed by atoms with E-state index in [1.54, 1.807) is 0 Å². The van der Waals surface area contributed by atoms with E-state index in [-0.39, 0.29) is 0 Å². The first kappa shape index (κ1) is 5.09. The molecular formula is C24H19N. The molecule has 0 radical (unpaired) electrons. The van der Waals surface area contributed by atoms with Gasteiger partial charge in [-0.15, -0.1) is 0 Å². The zero-order valence-electron chi connectivity index (χ0n) is 30.5. The summed E-state index contributed by atoms with van der Waals surface area (Å²) < 4.78 is 149. The molecule has 0 amide bonds. The summed E-state index contributed by atoms with van der Waals surface area (Å²) in [6, 6.07) is -14.9. The van der Waals surface area contributed by atoms with Gasteiger partial charge in [0.05, 0.1) is 24.7 Å². The van der Waals surface area contributed by atoms with Crippen LogP contribution in [0.1, 0.15) is 24.7 Å². The summed E-state index contributed by atoms with van der Waals surface area (Å²) in [4.78, 5) is 0. The Balaban J connectivity index is 2.28. The van der Waals surface area contributed by atoms with Gasteiger partial charge >= 0.3 is 0 Å². The lowest BCUT2D eigenvalue weighted by Gasteiger charge is -2.15. The molecule has 0 fully saturated rings. The number of hydrogen-bond donors (Lipinski definition) is 1. The average Bonchev–Trinajstić information content (AvgIpc) is 2.98. The third kappa shape index (κ3) is 3.31. The summed E-state index contributed by atoms with van der Waals surface area (Å²) >= 11 is 0. The van der Waals surface area contributed by atoms with Gasteiger partial charge in [0.15, 0.2) is 0 Å². The second-order valence-electron chi connectivity index (χ2n) is 4.62. The van der Waals surface area contributed by atoms with Gasteiger partial charge in [-0.25, -0.2) is 0 Å². The Labute approximate surface area is 173 Å². The molecule has 0 unspecified atom stereocenters. The molecule has 0 aliphatic carbocycles. The second kappa shape index (κ2) is 7.06. The highest BCUT2D eigenvalue weighted by Crippen LogP contribution is 2.36. The van der Waals surface area contributed by atoms with Crippen LogP contribution in [0.5, 0.6) is 0 Å². The topological polar surface area (TPSA) is 12.0 Å². The molecule has 0 aromatic heterocycles. The molecular weight excluding hydrogens is 302 g/mol. The van der Waals surface area contributed by atoms with Gasteiger partial charge in [0.2, 0.25) is 0 Å².